The first-order valence-electron chi connectivity index (χ1n) is 5.57. The molecule has 0 saturated carbocycles. The van der Waals surface area contributed by atoms with E-state index in [1.807, 2.05) is 6.92 Å². The van der Waals surface area contributed by atoms with Crippen molar-refractivity contribution in [3.05, 3.63) is 16.8 Å². The predicted octanol–water partition coefficient (Wildman–Crippen LogP) is 2.27. The van der Waals surface area contributed by atoms with Crippen molar-refractivity contribution in [1.82, 2.24) is 10.2 Å². The molecule has 0 amide bonds. The van der Waals surface area contributed by atoms with Crippen molar-refractivity contribution in [2.24, 2.45) is 5.73 Å². The SMILES string of the molecule is Cc1nnc(OCCCC(F)(F)F)c(CN)c1C. The lowest BCUT2D eigenvalue weighted by Gasteiger charge is -2.12. The van der Waals surface area contributed by atoms with Gasteiger partial charge < -0.3 is 10.5 Å². The van der Waals surface area contributed by atoms with Gasteiger partial charge in [0.1, 0.15) is 0 Å². The fraction of sp³-hybridized carbons (Fsp3) is 0.636. The van der Waals surface area contributed by atoms with Crippen molar-refractivity contribution >= 4 is 0 Å². The van der Waals surface area contributed by atoms with Crippen LogP contribution in [0.15, 0.2) is 0 Å². The zero-order valence-electron chi connectivity index (χ0n) is 10.3. The average molecular weight is 263 g/mol. The smallest absolute Gasteiger partial charge is 0.389 e. The van der Waals surface area contributed by atoms with E-state index in [0.717, 1.165) is 11.3 Å². The van der Waals surface area contributed by atoms with Crippen LogP contribution >= 0.6 is 0 Å². The second-order valence-corrected chi connectivity index (χ2v) is 3.97. The van der Waals surface area contributed by atoms with Gasteiger partial charge in [0.25, 0.3) is 0 Å². The summed E-state index contributed by atoms with van der Waals surface area (Å²) in [5, 5.41) is 7.67. The lowest BCUT2D eigenvalue weighted by atomic mass is 10.1. The minimum absolute atomic E-state index is 0.0519. The van der Waals surface area contributed by atoms with Gasteiger partial charge in [-0.2, -0.15) is 18.3 Å². The van der Waals surface area contributed by atoms with Crippen LogP contribution in [0.5, 0.6) is 5.88 Å². The number of rotatable bonds is 5. The second-order valence-electron chi connectivity index (χ2n) is 3.97. The number of ether oxygens (including phenoxy) is 1. The Balaban J connectivity index is 2.60. The molecule has 0 spiro atoms. The molecule has 0 aliphatic carbocycles. The molecule has 0 unspecified atom stereocenters. The van der Waals surface area contributed by atoms with Crippen molar-refractivity contribution in [3.8, 4) is 5.88 Å². The molecule has 7 heteroatoms. The molecule has 0 aliphatic rings. The van der Waals surface area contributed by atoms with E-state index in [2.05, 4.69) is 10.2 Å². The molecule has 1 rings (SSSR count). The number of halogens is 3. The molecule has 0 fully saturated rings. The second kappa shape index (κ2) is 5.99. The third-order valence-electron chi connectivity index (χ3n) is 2.59. The lowest BCUT2D eigenvalue weighted by molar-refractivity contribution is -0.136. The molecule has 4 nitrogen and oxygen atoms in total. The third-order valence-corrected chi connectivity index (χ3v) is 2.59. The van der Waals surface area contributed by atoms with Crippen LogP contribution in [0, 0.1) is 13.8 Å². The third kappa shape index (κ3) is 4.14. The fourth-order valence-electron chi connectivity index (χ4n) is 1.43. The highest BCUT2D eigenvalue weighted by molar-refractivity contribution is 5.34. The Morgan fingerprint density at radius 2 is 1.89 bits per heavy atom. The molecular formula is C11H16F3N3O. The quantitative estimate of drug-likeness (QED) is 0.828. The van der Waals surface area contributed by atoms with Gasteiger partial charge in [0.15, 0.2) is 0 Å². The van der Waals surface area contributed by atoms with Crippen LogP contribution in [0.2, 0.25) is 0 Å². The van der Waals surface area contributed by atoms with E-state index in [9.17, 15) is 13.2 Å². The molecule has 102 valence electrons. The molecular weight excluding hydrogens is 247 g/mol. The van der Waals surface area contributed by atoms with Gasteiger partial charge in [-0.15, -0.1) is 5.10 Å². The largest absolute Gasteiger partial charge is 0.476 e. The standard InChI is InChI=1S/C11H16F3N3O/c1-7-8(2)16-17-10(9(7)6-15)18-5-3-4-11(12,13)14/h3-6,15H2,1-2H3. The first kappa shape index (κ1) is 14.7. The van der Waals surface area contributed by atoms with Crippen molar-refractivity contribution in [2.75, 3.05) is 6.61 Å². The summed E-state index contributed by atoms with van der Waals surface area (Å²) in [7, 11) is 0. The van der Waals surface area contributed by atoms with Crippen LogP contribution in [0.3, 0.4) is 0 Å². The zero-order valence-corrected chi connectivity index (χ0v) is 10.3. The Bertz CT molecular complexity index is 407. The van der Waals surface area contributed by atoms with Crippen molar-refractivity contribution in [1.29, 1.82) is 0 Å². The summed E-state index contributed by atoms with van der Waals surface area (Å²) in [5.74, 6) is 0.225. The van der Waals surface area contributed by atoms with Gasteiger partial charge >= 0.3 is 6.18 Å². The van der Waals surface area contributed by atoms with Crippen LogP contribution in [-0.4, -0.2) is 23.0 Å². The van der Waals surface area contributed by atoms with Crippen molar-refractivity contribution in [3.63, 3.8) is 0 Å². The topological polar surface area (TPSA) is 61.0 Å². The molecule has 0 aliphatic heterocycles. The zero-order chi connectivity index (χ0) is 13.8. The van der Waals surface area contributed by atoms with E-state index in [1.54, 1.807) is 6.92 Å². The predicted molar refractivity (Wildman–Crippen MR) is 60.2 cm³/mol. The summed E-state index contributed by atoms with van der Waals surface area (Å²) in [6.45, 7) is 3.78. The van der Waals surface area contributed by atoms with E-state index in [0.29, 0.717) is 5.56 Å². The number of hydrogen-bond acceptors (Lipinski definition) is 4. The number of aryl methyl sites for hydroxylation is 1. The van der Waals surface area contributed by atoms with Gasteiger partial charge in [0.2, 0.25) is 5.88 Å². The van der Waals surface area contributed by atoms with Gasteiger partial charge in [-0.1, -0.05) is 0 Å². The van der Waals surface area contributed by atoms with E-state index in [1.165, 1.54) is 0 Å². The summed E-state index contributed by atoms with van der Waals surface area (Å²) in [6, 6.07) is 0. The number of alkyl halides is 3. The Morgan fingerprint density at radius 3 is 2.44 bits per heavy atom. The molecule has 18 heavy (non-hydrogen) atoms. The molecule has 0 radical (unpaired) electrons. The van der Waals surface area contributed by atoms with Crippen LogP contribution < -0.4 is 10.5 Å². The van der Waals surface area contributed by atoms with E-state index in [4.69, 9.17) is 10.5 Å². The highest BCUT2D eigenvalue weighted by Gasteiger charge is 2.26. The Labute approximate surface area is 103 Å². The molecule has 1 heterocycles. The number of hydrogen-bond donors (Lipinski definition) is 1. The summed E-state index contributed by atoms with van der Waals surface area (Å²) >= 11 is 0. The van der Waals surface area contributed by atoms with Gasteiger partial charge in [-0.25, -0.2) is 0 Å². The average Bonchev–Trinajstić information content (AvgIpc) is 2.28. The summed E-state index contributed by atoms with van der Waals surface area (Å²) in [6.07, 6.45) is -5.14. The van der Waals surface area contributed by atoms with Crippen LogP contribution in [0.1, 0.15) is 29.7 Å². The fourth-order valence-corrected chi connectivity index (χ4v) is 1.43. The maximum atomic E-state index is 11.9. The molecule has 0 atom stereocenters. The minimum Gasteiger partial charge on any atom is -0.476 e. The maximum absolute atomic E-state index is 11.9. The maximum Gasteiger partial charge on any atom is 0.389 e. The van der Waals surface area contributed by atoms with Crippen LogP contribution in [0.4, 0.5) is 13.2 Å². The highest BCUT2D eigenvalue weighted by Crippen LogP contribution is 2.23. The van der Waals surface area contributed by atoms with E-state index < -0.39 is 12.6 Å². The molecule has 0 saturated heterocycles. The van der Waals surface area contributed by atoms with Gasteiger partial charge in [-0.05, 0) is 25.8 Å². The van der Waals surface area contributed by atoms with Crippen LogP contribution in [-0.2, 0) is 6.54 Å². The number of nitrogens with two attached hydrogens (primary N) is 1. The van der Waals surface area contributed by atoms with Gasteiger partial charge in [-0.3, -0.25) is 0 Å². The Kier molecular flexibility index (Phi) is 4.89. The van der Waals surface area contributed by atoms with E-state index >= 15 is 0 Å². The molecule has 2 N–H and O–H groups in total. The Hall–Kier alpha value is -1.37. The first-order valence-corrected chi connectivity index (χ1v) is 5.57. The Morgan fingerprint density at radius 1 is 1.22 bits per heavy atom. The molecule has 0 aromatic carbocycles. The van der Waals surface area contributed by atoms with Crippen molar-refractivity contribution in [2.45, 2.75) is 39.4 Å². The normalized spacial score (nSPS) is 11.7. The molecule has 1 aromatic rings. The van der Waals surface area contributed by atoms with Gasteiger partial charge in [0, 0.05) is 18.5 Å². The number of nitrogens with zero attached hydrogens (tertiary/aromatic N) is 2. The lowest BCUT2D eigenvalue weighted by Crippen LogP contribution is -2.13. The number of aromatic nitrogens is 2. The summed E-state index contributed by atoms with van der Waals surface area (Å²) in [5.41, 5.74) is 7.85. The first-order chi connectivity index (χ1) is 8.35. The summed E-state index contributed by atoms with van der Waals surface area (Å²) in [4.78, 5) is 0. The van der Waals surface area contributed by atoms with Gasteiger partial charge in [0.05, 0.1) is 12.3 Å². The van der Waals surface area contributed by atoms with E-state index in [-0.39, 0.29) is 25.5 Å². The monoisotopic (exact) mass is 263 g/mol. The minimum atomic E-state index is -4.16. The van der Waals surface area contributed by atoms with Crippen molar-refractivity contribution < 1.29 is 17.9 Å². The molecule has 0 bridgehead atoms. The highest BCUT2D eigenvalue weighted by atomic mass is 19.4. The van der Waals surface area contributed by atoms with Crippen LogP contribution in [0.25, 0.3) is 0 Å². The molecule has 1 aromatic heterocycles. The summed E-state index contributed by atoms with van der Waals surface area (Å²) < 4.78 is 41.0.